The Kier molecular flexibility index (Phi) is 1.13. The molecule has 0 aromatic carbocycles. The highest BCUT2D eigenvalue weighted by Gasteiger charge is 2.66. The van der Waals surface area contributed by atoms with Gasteiger partial charge in [0.05, 0.1) is 5.92 Å². The first-order valence-corrected chi connectivity index (χ1v) is 3.89. The van der Waals surface area contributed by atoms with Crippen molar-refractivity contribution in [1.82, 2.24) is 4.90 Å². The molecule has 0 amide bonds. The normalized spacial score (nSPS) is 32.3. The Bertz CT molecular complexity index is 220. The number of halogens is 2. The predicted octanol–water partition coefficient (Wildman–Crippen LogP) is 1.86. The Labute approximate surface area is 64.7 Å². The molecule has 1 aliphatic heterocycles. The summed E-state index contributed by atoms with van der Waals surface area (Å²) in [6, 6.07) is 0.353. The van der Waals surface area contributed by atoms with Crippen LogP contribution >= 0.6 is 0 Å². The summed E-state index contributed by atoms with van der Waals surface area (Å²) < 4.78 is 25.2. The van der Waals surface area contributed by atoms with E-state index < -0.39 is 11.8 Å². The van der Waals surface area contributed by atoms with Crippen molar-refractivity contribution in [1.29, 1.82) is 0 Å². The zero-order valence-corrected chi connectivity index (χ0v) is 6.64. The van der Waals surface area contributed by atoms with Crippen LogP contribution < -0.4 is 0 Å². The van der Waals surface area contributed by atoms with Gasteiger partial charge in [-0.05, 0) is 13.8 Å². The van der Waals surface area contributed by atoms with E-state index in [1.165, 1.54) is 0 Å². The molecule has 1 nitrogen and oxygen atoms in total. The third-order valence-corrected chi connectivity index (χ3v) is 2.48. The van der Waals surface area contributed by atoms with Crippen molar-refractivity contribution in [3.63, 3.8) is 0 Å². The van der Waals surface area contributed by atoms with E-state index in [-0.39, 0.29) is 0 Å². The molecule has 1 saturated carbocycles. The van der Waals surface area contributed by atoms with Gasteiger partial charge in [-0.3, -0.25) is 0 Å². The average molecular weight is 159 g/mol. The van der Waals surface area contributed by atoms with E-state index >= 15 is 0 Å². The van der Waals surface area contributed by atoms with Gasteiger partial charge in [-0.15, -0.1) is 0 Å². The summed E-state index contributed by atoms with van der Waals surface area (Å²) in [5, 5.41) is 0. The molecular weight excluding hydrogens is 148 g/mol. The molecule has 3 heteroatoms. The van der Waals surface area contributed by atoms with Crippen LogP contribution in [0.1, 0.15) is 13.8 Å². The topological polar surface area (TPSA) is 3.24 Å². The van der Waals surface area contributed by atoms with E-state index in [0.717, 1.165) is 0 Å². The van der Waals surface area contributed by atoms with Gasteiger partial charge in [0.15, 0.2) is 0 Å². The van der Waals surface area contributed by atoms with Gasteiger partial charge < -0.3 is 4.90 Å². The number of fused-ring (bicyclic) bond motifs is 1. The van der Waals surface area contributed by atoms with Crippen LogP contribution in [0.25, 0.3) is 0 Å². The highest BCUT2D eigenvalue weighted by Crippen LogP contribution is 2.58. The molecule has 0 aromatic heterocycles. The van der Waals surface area contributed by atoms with Gasteiger partial charge in [-0.25, -0.2) is 8.78 Å². The largest absolute Gasteiger partial charge is 0.374 e. The molecule has 0 radical (unpaired) electrons. The quantitative estimate of drug-likeness (QED) is 0.564. The van der Waals surface area contributed by atoms with Crippen LogP contribution in [0.4, 0.5) is 8.78 Å². The number of nitrogens with zero attached hydrogens (tertiary/aromatic N) is 1. The van der Waals surface area contributed by atoms with Crippen LogP contribution in [0.2, 0.25) is 0 Å². The predicted molar refractivity (Wildman–Crippen MR) is 38.4 cm³/mol. The van der Waals surface area contributed by atoms with Crippen molar-refractivity contribution in [3.05, 3.63) is 11.8 Å². The van der Waals surface area contributed by atoms with Crippen LogP contribution in [0.5, 0.6) is 0 Å². The zero-order chi connectivity index (χ0) is 8.22. The van der Waals surface area contributed by atoms with Crippen LogP contribution in [0.3, 0.4) is 0 Å². The number of rotatable bonds is 1. The maximum atomic E-state index is 12.6. The summed E-state index contributed by atoms with van der Waals surface area (Å²) in [4.78, 5) is 1.97. The van der Waals surface area contributed by atoms with Crippen molar-refractivity contribution < 1.29 is 8.78 Å². The minimum atomic E-state index is -2.45. The molecule has 2 aliphatic rings. The first kappa shape index (κ1) is 7.07. The Morgan fingerprint density at radius 1 is 1.64 bits per heavy atom. The molecule has 0 aromatic rings. The Morgan fingerprint density at radius 3 is 2.64 bits per heavy atom. The molecule has 0 N–H and O–H groups in total. The van der Waals surface area contributed by atoms with E-state index in [0.29, 0.717) is 18.2 Å². The van der Waals surface area contributed by atoms with Gasteiger partial charge >= 0.3 is 0 Å². The second kappa shape index (κ2) is 1.76. The molecule has 11 heavy (non-hydrogen) atoms. The first-order chi connectivity index (χ1) is 5.03. The highest BCUT2D eigenvalue weighted by molar-refractivity contribution is 5.41. The van der Waals surface area contributed by atoms with E-state index in [1.807, 2.05) is 18.7 Å². The summed E-state index contributed by atoms with van der Waals surface area (Å²) in [5.41, 5.74) is 0.339. The fourth-order valence-electron chi connectivity index (χ4n) is 1.55. The van der Waals surface area contributed by atoms with Crippen LogP contribution in [-0.2, 0) is 0 Å². The molecule has 1 atom stereocenters. The molecular formula is C8H11F2N. The monoisotopic (exact) mass is 159 g/mol. The maximum absolute atomic E-state index is 12.6. The van der Waals surface area contributed by atoms with E-state index in [4.69, 9.17) is 0 Å². The van der Waals surface area contributed by atoms with Crippen molar-refractivity contribution in [3.8, 4) is 0 Å². The minimum Gasteiger partial charge on any atom is -0.374 e. The third-order valence-electron chi connectivity index (χ3n) is 2.48. The molecule has 2 rings (SSSR count). The summed E-state index contributed by atoms with van der Waals surface area (Å²) >= 11 is 0. The Hall–Kier alpha value is -0.600. The average Bonchev–Trinajstić information content (AvgIpc) is 2.28. The van der Waals surface area contributed by atoms with Crippen molar-refractivity contribution >= 4 is 0 Å². The number of alkyl halides is 2. The first-order valence-electron chi connectivity index (χ1n) is 3.89. The van der Waals surface area contributed by atoms with Crippen molar-refractivity contribution in [2.24, 2.45) is 5.92 Å². The summed E-state index contributed by atoms with van der Waals surface area (Å²) in [6.07, 6.45) is 1.62. The molecule has 1 heterocycles. The van der Waals surface area contributed by atoms with Crippen molar-refractivity contribution in [2.45, 2.75) is 25.8 Å². The number of hydrogen-bond donors (Lipinski definition) is 0. The molecule has 1 aliphatic carbocycles. The standard InChI is InChI=1S/C8H11F2N/c1-5(2)11-3-6-7(4-11)8(6,9)10/h3,5,7H,4H2,1-2H3. The van der Waals surface area contributed by atoms with Gasteiger partial charge in [0.2, 0.25) is 0 Å². The fraction of sp³-hybridized carbons (Fsp3) is 0.750. The molecule has 0 spiro atoms. The van der Waals surface area contributed by atoms with Gasteiger partial charge in [-0.2, -0.15) is 0 Å². The van der Waals surface area contributed by atoms with Crippen LogP contribution in [0, 0.1) is 5.92 Å². The third kappa shape index (κ3) is 0.798. The summed E-state index contributed by atoms with van der Waals surface area (Å²) in [6.45, 7) is 4.54. The van der Waals surface area contributed by atoms with E-state index in [1.54, 1.807) is 6.20 Å². The SMILES string of the molecule is CC(C)N1C=C2C(C1)C2(F)F. The lowest BCUT2D eigenvalue weighted by Crippen LogP contribution is -2.27. The number of hydrogen-bond acceptors (Lipinski definition) is 1. The fourth-order valence-corrected chi connectivity index (χ4v) is 1.55. The Balaban J connectivity index is 2.10. The van der Waals surface area contributed by atoms with Crippen molar-refractivity contribution in [2.75, 3.05) is 6.54 Å². The molecule has 1 fully saturated rings. The highest BCUT2D eigenvalue weighted by atomic mass is 19.3. The lowest BCUT2D eigenvalue weighted by atomic mass is 10.3. The van der Waals surface area contributed by atoms with Crippen LogP contribution in [-0.4, -0.2) is 23.4 Å². The molecule has 1 unspecified atom stereocenters. The van der Waals surface area contributed by atoms with Gasteiger partial charge in [0.25, 0.3) is 5.92 Å². The molecule has 0 saturated heterocycles. The second-order valence-corrected chi connectivity index (χ2v) is 3.55. The summed E-state index contributed by atoms with van der Waals surface area (Å²) in [5.74, 6) is -2.91. The van der Waals surface area contributed by atoms with E-state index in [9.17, 15) is 8.78 Å². The van der Waals surface area contributed by atoms with Crippen LogP contribution in [0.15, 0.2) is 11.8 Å². The zero-order valence-electron chi connectivity index (χ0n) is 6.64. The second-order valence-electron chi connectivity index (χ2n) is 3.55. The minimum absolute atomic E-state index is 0.339. The molecule has 62 valence electrons. The van der Waals surface area contributed by atoms with Gasteiger partial charge in [0.1, 0.15) is 0 Å². The lowest BCUT2D eigenvalue weighted by Gasteiger charge is -2.22. The lowest BCUT2D eigenvalue weighted by molar-refractivity contribution is 0.0910. The summed E-state index contributed by atoms with van der Waals surface area (Å²) in [7, 11) is 0. The Morgan fingerprint density at radius 2 is 2.27 bits per heavy atom. The van der Waals surface area contributed by atoms with Gasteiger partial charge in [-0.1, -0.05) is 0 Å². The van der Waals surface area contributed by atoms with E-state index in [2.05, 4.69) is 0 Å². The molecule has 0 bridgehead atoms. The smallest absolute Gasteiger partial charge is 0.279 e. The maximum Gasteiger partial charge on any atom is 0.279 e. The van der Waals surface area contributed by atoms with Gasteiger partial charge in [0, 0.05) is 24.4 Å².